The third-order valence-electron chi connectivity index (χ3n) is 6.40. The van der Waals surface area contributed by atoms with Gasteiger partial charge in [0.15, 0.2) is 11.0 Å². The quantitative estimate of drug-likeness (QED) is 0.288. The average molecular weight is 567 g/mol. The summed E-state index contributed by atoms with van der Waals surface area (Å²) in [6.45, 7) is 2.25. The Morgan fingerprint density at radius 1 is 0.872 bits per heavy atom. The molecule has 0 radical (unpaired) electrons. The molecule has 10 heteroatoms. The lowest BCUT2D eigenvalue weighted by atomic mass is 10.2. The SMILES string of the molecule is O=C(c1cccc(N(Cc2ccc(Cl)cc2)S(=O)c2ccc(F)cc2)n1)N1CCN(c2cccc(F)c2)CC1. The van der Waals surface area contributed by atoms with Crippen molar-refractivity contribution in [2.75, 3.05) is 35.4 Å². The van der Waals surface area contributed by atoms with E-state index in [-0.39, 0.29) is 24.0 Å². The molecule has 0 N–H and O–H groups in total. The molecule has 1 fully saturated rings. The minimum atomic E-state index is -1.73. The fraction of sp³-hybridized carbons (Fsp3) is 0.172. The Hall–Kier alpha value is -3.82. The fourth-order valence-electron chi connectivity index (χ4n) is 4.34. The molecule has 1 amide bonds. The Bertz CT molecular complexity index is 1480. The topological polar surface area (TPSA) is 56.8 Å². The van der Waals surface area contributed by atoms with Crippen molar-refractivity contribution in [3.63, 3.8) is 0 Å². The molecule has 0 aliphatic carbocycles. The number of halogens is 3. The molecule has 0 saturated carbocycles. The number of pyridine rings is 1. The van der Waals surface area contributed by atoms with Gasteiger partial charge in [-0.25, -0.2) is 18.0 Å². The standard InChI is InChI=1S/C29H25ClF2N4O2S/c30-22-9-7-21(8-10-22)20-36(39(38)26-13-11-23(31)12-14-26)28-6-2-5-27(33-28)29(37)35-17-15-34(16-18-35)25-4-1-3-24(32)19-25/h1-14,19H,15-18,20H2. The van der Waals surface area contributed by atoms with Gasteiger partial charge in [-0.1, -0.05) is 35.9 Å². The van der Waals surface area contributed by atoms with Crippen LogP contribution in [0.1, 0.15) is 16.1 Å². The van der Waals surface area contributed by atoms with Crippen LogP contribution in [-0.2, 0) is 17.5 Å². The average Bonchev–Trinajstić information content (AvgIpc) is 2.97. The van der Waals surface area contributed by atoms with Crippen LogP contribution in [0.15, 0.2) is 95.9 Å². The van der Waals surface area contributed by atoms with E-state index in [0.717, 1.165) is 11.3 Å². The third-order valence-corrected chi connectivity index (χ3v) is 8.05. The molecular weight excluding hydrogens is 542 g/mol. The minimum Gasteiger partial charge on any atom is -0.368 e. The number of rotatable bonds is 7. The maximum Gasteiger partial charge on any atom is 0.272 e. The Labute approximate surface area is 233 Å². The van der Waals surface area contributed by atoms with Crippen LogP contribution in [0, 0.1) is 11.6 Å². The van der Waals surface area contributed by atoms with E-state index in [4.69, 9.17) is 11.6 Å². The number of benzene rings is 3. The first-order valence-electron chi connectivity index (χ1n) is 12.3. The van der Waals surface area contributed by atoms with E-state index < -0.39 is 16.8 Å². The van der Waals surface area contributed by atoms with Crippen LogP contribution in [0.4, 0.5) is 20.3 Å². The number of piperazine rings is 1. The first-order chi connectivity index (χ1) is 18.9. The summed E-state index contributed by atoms with van der Waals surface area (Å²) in [6, 6.07) is 24.0. The summed E-state index contributed by atoms with van der Waals surface area (Å²) in [5.41, 5.74) is 1.84. The molecule has 1 aliphatic rings. The lowest BCUT2D eigenvalue weighted by molar-refractivity contribution is 0.0741. The van der Waals surface area contributed by atoms with Crippen LogP contribution in [0.2, 0.25) is 5.02 Å². The van der Waals surface area contributed by atoms with Gasteiger partial charge in [-0.3, -0.25) is 9.10 Å². The first-order valence-corrected chi connectivity index (χ1v) is 13.8. The van der Waals surface area contributed by atoms with Crippen molar-refractivity contribution in [3.05, 3.63) is 119 Å². The molecule has 1 aliphatic heterocycles. The van der Waals surface area contributed by atoms with Crippen LogP contribution >= 0.6 is 11.6 Å². The predicted octanol–water partition coefficient (Wildman–Crippen LogP) is 5.71. The molecule has 5 rings (SSSR count). The molecule has 1 saturated heterocycles. The molecule has 4 aromatic rings. The Morgan fingerprint density at radius 2 is 1.56 bits per heavy atom. The number of amides is 1. The van der Waals surface area contributed by atoms with E-state index in [2.05, 4.69) is 4.98 Å². The summed E-state index contributed by atoms with van der Waals surface area (Å²) in [6.07, 6.45) is 0. The van der Waals surface area contributed by atoms with Crippen molar-refractivity contribution in [2.24, 2.45) is 0 Å². The van der Waals surface area contributed by atoms with Crippen molar-refractivity contribution >= 4 is 40.0 Å². The number of aromatic nitrogens is 1. The van der Waals surface area contributed by atoms with Crippen molar-refractivity contribution < 1.29 is 17.8 Å². The zero-order valence-corrected chi connectivity index (χ0v) is 22.4. The highest BCUT2D eigenvalue weighted by atomic mass is 35.5. The van der Waals surface area contributed by atoms with Gasteiger partial charge in [0.25, 0.3) is 5.91 Å². The number of carbonyl (C=O) groups excluding carboxylic acids is 1. The highest BCUT2D eigenvalue weighted by Gasteiger charge is 2.25. The van der Waals surface area contributed by atoms with Crippen LogP contribution < -0.4 is 9.21 Å². The van der Waals surface area contributed by atoms with Crippen molar-refractivity contribution in [1.29, 1.82) is 0 Å². The minimum absolute atomic E-state index is 0.220. The van der Waals surface area contributed by atoms with Crippen molar-refractivity contribution in [2.45, 2.75) is 11.4 Å². The Balaban J connectivity index is 1.36. The Kier molecular flexibility index (Phi) is 8.18. The Morgan fingerprint density at radius 3 is 2.26 bits per heavy atom. The predicted molar refractivity (Wildman–Crippen MR) is 149 cm³/mol. The molecule has 1 unspecified atom stereocenters. The van der Waals surface area contributed by atoms with Gasteiger partial charge in [0.2, 0.25) is 0 Å². The van der Waals surface area contributed by atoms with Crippen LogP contribution in [-0.4, -0.2) is 46.2 Å². The van der Waals surface area contributed by atoms with Crippen molar-refractivity contribution in [3.8, 4) is 0 Å². The van der Waals surface area contributed by atoms with Gasteiger partial charge in [0.1, 0.15) is 23.1 Å². The largest absolute Gasteiger partial charge is 0.368 e. The second-order valence-corrected chi connectivity index (χ2v) is 10.9. The van der Waals surface area contributed by atoms with Crippen LogP contribution in [0.5, 0.6) is 0 Å². The zero-order valence-electron chi connectivity index (χ0n) is 20.8. The monoisotopic (exact) mass is 566 g/mol. The summed E-state index contributed by atoms with van der Waals surface area (Å²) in [4.78, 5) is 22.1. The molecule has 1 atom stereocenters. The maximum atomic E-state index is 13.6. The summed E-state index contributed by atoms with van der Waals surface area (Å²) in [5, 5.41) is 0.577. The molecule has 6 nitrogen and oxygen atoms in total. The lowest BCUT2D eigenvalue weighted by Crippen LogP contribution is -2.49. The number of hydrogen-bond acceptors (Lipinski definition) is 4. The summed E-state index contributed by atoms with van der Waals surface area (Å²) >= 11 is 6.04. The van der Waals surface area contributed by atoms with E-state index >= 15 is 0 Å². The summed E-state index contributed by atoms with van der Waals surface area (Å²) in [5.74, 6) is -0.622. The van der Waals surface area contributed by atoms with E-state index in [1.807, 2.05) is 23.1 Å². The third kappa shape index (κ3) is 6.43. The van der Waals surface area contributed by atoms with Gasteiger partial charge >= 0.3 is 0 Å². The number of nitrogens with zero attached hydrogens (tertiary/aromatic N) is 4. The van der Waals surface area contributed by atoms with E-state index in [0.29, 0.717) is 41.9 Å². The lowest BCUT2D eigenvalue weighted by Gasteiger charge is -2.36. The first kappa shape index (κ1) is 26.8. The fourth-order valence-corrected chi connectivity index (χ4v) is 5.63. The van der Waals surface area contributed by atoms with Gasteiger partial charge in [-0.05, 0) is 72.3 Å². The normalized spacial score (nSPS) is 14.2. The van der Waals surface area contributed by atoms with Gasteiger partial charge in [-0.2, -0.15) is 0 Å². The molecule has 0 bridgehead atoms. The molecular formula is C29H25ClF2N4O2S. The summed E-state index contributed by atoms with van der Waals surface area (Å²) in [7, 11) is -1.73. The van der Waals surface area contributed by atoms with E-state index in [9.17, 15) is 17.8 Å². The maximum absolute atomic E-state index is 13.6. The van der Waals surface area contributed by atoms with Gasteiger partial charge < -0.3 is 9.80 Å². The smallest absolute Gasteiger partial charge is 0.272 e. The van der Waals surface area contributed by atoms with Crippen LogP contribution in [0.3, 0.4) is 0 Å². The highest BCUT2D eigenvalue weighted by molar-refractivity contribution is 7.86. The molecule has 1 aromatic heterocycles. The zero-order chi connectivity index (χ0) is 27.4. The molecule has 2 heterocycles. The second kappa shape index (κ2) is 11.9. The van der Waals surface area contributed by atoms with Gasteiger partial charge in [-0.15, -0.1) is 0 Å². The van der Waals surface area contributed by atoms with Crippen LogP contribution in [0.25, 0.3) is 0 Å². The molecule has 39 heavy (non-hydrogen) atoms. The number of carbonyl (C=O) groups is 1. The number of hydrogen-bond donors (Lipinski definition) is 0. The molecule has 3 aromatic carbocycles. The second-order valence-electron chi connectivity index (χ2n) is 9.01. The van der Waals surface area contributed by atoms with Crippen molar-refractivity contribution in [1.82, 2.24) is 9.88 Å². The van der Waals surface area contributed by atoms with Gasteiger partial charge in [0.05, 0.1) is 11.4 Å². The van der Waals surface area contributed by atoms with E-state index in [1.165, 1.54) is 36.4 Å². The molecule has 0 spiro atoms. The molecule has 200 valence electrons. The number of anilines is 2. The van der Waals surface area contributed by atoms with Gasteiger partial charge in [0, 0.05) is 36.9 Å². The summed E-state index contributed by atoms with van der Waals surface area (Å²) < 4.78 is 42.3. The van der Waals surface area contributed by atoms with E-state index in [1.54, 1.807) is 45.6 Å². The highest BCUT2D eigenvalue weighted by Crippen LogP contribution is 2.24.